The number of thiazole rings is 1. The van der Waals surface area contributed by atoms with Crippen LogP contribution in [0.25, 0.3) is 0 Å². The second-order valence-corrected chi connectivity index (χ2v) is 8.04. The number of para-hydroxylation sites is 1. The van der Waals surface area contributed by atoms with Crippen LogP contribution in [0.15, 0.2) is 64.9 Å². The quantitative estimate of drug-likeness (QED) is 0.373. The Balaban J connectivity index is 1.55. The van der Waals surface area contributed by atoms with E-state index < -0.39 is 0 Å². The van der Waals surface area contributed by atoms with E-state index in [0.29, 0.717) is 15.8 Å². The third kappa shape index (κ3) is 5.58. The van der Waals surface area contributed by atoms with Crippen molar-refractivity contribution < 1.29 is 14.3 Å². The third-order valence-electron chi connectivity index (χ3n) is 3.61. The van der Waals surface area contributed by atoms with Crippen LogP contribution in [0.5, 0.6) is 0 Å². The Bertz CT molecular complexity index is 946. The fraction of sp³-hybridized carbons (Fsp3) is 0.150. The number of carbonyl (C=O) groups excluding carboxylic acids is 2. The summed E-state index contributed by atoms with van der Waals surface area (Å²) in [5.41, 5.74) is 1.35. The van der Waals surface area contributed by atoms with E-state index in [1.807, 2.05) is 42.5 Å². The Morgan fingerprint density at radius 2 is 1.86 bits per heavy atom. The molecule has 0 aliphatic rings. The first-order chi connectivity index (χ1) is 13.5. The van der Waals surface area contributed by atoms with Gasteiger partial charge in [-0.05, 0) is 36.4 Å². The number of hydrogen-bond donors (Lipinski definition) is 0. The molecule has 28 heavy (non-hydrogen) atoms. The molecule has 3 aromatic rings. The molecule has 5 nitrogen and oxygen atoms in total. The molecule has 144 valence electrons. The summed E-state index contributed by atoms with van der Waals surface area (Å²) in [5.74, 6) is -0.271. The van der Waals surface area contributed by atoms with Crippen LogP contribution >= 0.6 is 34.7 Å². The molecule has 0 aliphatic heterocycles. The van der Waals surface area contributed by atoms with E-state index >= 15 is 0 Å². The molecule has 0 unspecified atom stereocenters. The van der Waals surface area contributed by atoms with Crippen LogP contribution in [-0.4, -0.2) is 22.6 Å². The molecule has 0 N–H and O–H groups in total. The molecular formula is C20H17ClN2O3S2. The van der Waals surface area contributed by atoms with Crippen LogP contribution in [0.4, 0.5) is 10.8 Å². The highest BCUT2D eigenvalue weighted by molar-refractivity contribution is 8.00. The van der Waals surface area contributed by atoms with Gasteiger partial charge in [-0.15, -0.1) is 23.1 Å². The van der Waals surface area contributed by atoms with Crippen LogP contribution in [-0.2, 0) is 20.9 Å². The van der Waals surface area contributed by atoms with Crippen LogP contribution in [0.2, 0.25) is 5.02 Å². The van der Waals surface area contributed by atoms with E-state index in [-0.39, 0.29) is 24.2 Å². The number of amides is 1. The van der Waals surface area contributed by atoms with Gasteiger partial charge in [0.2, 0.25) is 5.91 Å². The van der Waals surface area contributed by atoms with E-state index in [0.717, 1.165) is 10.6 Å². The summed E-state index contributed by atoms with van der Waals surface area (Å²) in [6.07, 6.45) is 0. The van der Waals surface area contributed by atoms with Crippen LogP contribution < -0.4 is 4.90 Å². The van der Waals surface area contributed by atoms with E-state index in [4.69, 9.17) is 16.3 Å². The van der Waals surface area contributed by atoms with Crippen molar-refractivity contribution >= 4 is 57.4 Å². The molecule has 0 spiro atoms. The number of esters is 1. The highest BCUT2D eigenvalue weighted by atomic mass is 35.5. The first kappa shape index (κ1) is 20.4. The predicted octanol–water partition coefficient (Wildman–Crippen LogP) is 5.32. The van der Waals surface area contributed by atoms with Gasteiger partial charge in [-0.2, -0.15) is 0 Å². The van der Waals surface area contributed by atoms with Crippen molar-refractivity contribution in [2.45, 2.75) is 18.4 Å². The molecule has 0 atom stereocenters. The number of thioether (sulfide) groups is 1. The van der Waals surface area contributed by atoms with Crippen molar-refractivity contribution in [3.05, 3.63) is 70.7 Å². The SMILES string of the molecule is CC(=O)N(c1ccccc1)c1nc(COC(=O)CSc2ccc(Cl)cc2)cs1. The Labute approximate surface area is 176 Å². The van der Waals surface area contributed by atoms with Gasteiger partial charge in [0, 0.05) is 22.2 Å². The summed E-state index contributed by atoms with van der Waals surface area (Å²) in [4.78, 5) is 30.9. The highest BCUT2D eigenvalue weighted by Crippen LogP contribution is 2.29. The molecule has 0 saturated heterocycles. The first-order valence-corrected chi connectivity index (χ1v) is 10.6. The van der Waals surface area contributed by atoms with Gasteiger partial charge >= 0.3 is 5.97 Å². The Morgan fingerprint density at radius 1 is 1.14 bits per heavy atom. The number of aromatic nitrogens is 1. The second-order valence-electron chi connectivity index (χ2n) is 5.71. The smallest absolute Gasteiger partial charge is 0.316 e. The minimum absolute atomic E-state index is 0.0665. The minimum Gasteiger partial charge on any atom is -0.459 e. The topological polar surface area (TPSA) is 59.5 Å². The molecule has 1 amide bonds. The molecule has 0 fully saturated rings. The Morgan fingerprint density at radius 3 is 2.54 bits per heavy atom. The van der Waals surface area contributed by atoms with Gasteiger partial charge in [0.1, 0.15) is 6.61 Å². The molecule has 0 saturated carbocycles. The molecule has 1 aromatic heterocycles. The Hall–Kier alpha value is -2.35. The van der Waals surface area contributed by atoms with Gasteiger partial charge in [0.05, 0.1) is 17.1 Å². The highest BCUT2D eigenvalue weighted by Gasteiger charge is 2.18. The zero-order chi connectivity index (χ0) is 19.9. The summed E-state index contributed by atoms with van der Waals surface area (Å²) in [6, 6.07) is 16.6. The van der Waals surface area contributed by atoms with E-state index in [2.05, 4.69) is 4.98 Å². The maximum Gasteiger partial charge on any atom is 0.316 e. The number of benzene rings is 2. The van der Waals surface area contributed by atoms with Crippen LogP contribution in [0.1, 0.15) is 12.6 Å². The predicted molar refractivity (Wildman–Crippen MR) is 113 cm³/mol. The second kappa shape index (κ2) is 9.73. The van der Waals surface area contributed by atoms with Gasteiger partial charge < -0.3 is 4.74 Å². The number of rotatable bonds is 7. The van der Waals surface area contributed by atoms with Crippen LogP contribution in [0.3, 0.4) is 0 Å². The summed E-state index contributed by atoms with van der Waals surface area (Å²) in [6.45, 7) is 1.55. The van der Waals surface area contributed by atoms with Crippen molar-refractivity contribution in [1.82, 2.24) is 4.98 Å². The van der Waals surface area contributed by atoms with Crippen molar-refractivity contribution in [2.24, 2.45) is 0 Å². The average Bonchev–Trinajstić information content (AvgIpc) is 3.15. The molecule has 2 aromatic carbocycles. The Kier molecular flexibility index (Phi) is 7.08. The molecule has 8 heteroatoms. The normalized spacial score (nSPS) is 10.5. The lowest BCUT2D eigenvalue weighted by atomic mass is 10.3. The maximum absolute atomic E-state index is 12.1. The number of hydrogen-bond acceptors (Lipinski definition) is 6. The zero-order valence-electron chi connectivity index (χ0n) is 15.0. The van der Waals surface area contributed by atoms with Gasteiger partial charge in [-0.1, -0.05) is 29.8 Å². The van der Waals surface area contributed by atoms with Crippen molar-refractivity contribution in [3.63, 3.8) is 0 Å². The number of halogens is 1. The number of nitrogens with zero attached hydrogens (tertiary/aromatic N) is 2. The fourth-order valence-corrected chi connectivity index (χ4v) is 4.03. The van der Waals surface area contributed by atoms with Crippen molar-refractivity contribution in [1.29, 1.82) is 0 Å². The summed E-state index contributed by atoms with van der Waals surface area (Å²) < 4.78 is 5.29. The lowest BCUT2D eigenvalue weighted by Gasteiger charge is -2.17. The first-order valence-electron chi connectivity index (χ1n) is 8.37. The lowest BCUT2D eigenvalue weighted by Crippen LogP contribution is -2.22. The number of ether oxygens (including phenoxy) is 1. The van der Waals surface area contributed by atoms with E-state index in [1.165, 1.54) is 34.9 Å². The third-order valence-corrected chi connectivity index (χ3v) is 5.72. The van der Waals surface area contributed by atoms with E-state index in [9.17, 15) is 9.59 Å². The molecule has 0 bridgehead atoms. The van der Waals surface area contributed by atoms with Gasteiger partial charge in [0.15, 0.2) is 5.13 Å². The standard InChI is InChI=1S/C20H17ClN2O3S2/c1-14(24)23(17-5-3-2-4-6-17)20-22-16(12-28-20)11-26-19(25)13-27-18-9-7-15(21)8-10-18/h2-10,12H,11,13H2,1H3. The molecule has 1 heterocycles. The molecular weight excluding hydrogens is 416 g/mol. The maximum atomic E-state index is 12.1. The fourth-order valence-electron chi connectivity index (χ4n) is 2.34. The summed E-state index contributed by atoms with van der Waals surface area (Å²) in [5, 5.41) is 2.98. The molecule has 3 rings (SSSR count). The minimum atomic E-state index is -0.332. The van der Waals surface area contributed by atoms with E-state index in [1.54, 1.807) is 17.5 Å². The van der Waals surface area contributed by atoms with Crippen molar-refractivity contribution in [2.75, 3.05) is 10.7 Å². The van der Waals surface area contributed by atoms with Gasteiger partial charge in [0.25, 0.3) is 0 Å². The largest absolute Gasteiger partial charge is 0.459 e. The zero-order valence-corrected chi connectivity index (χ0v) is 17.4. The number of carbonyl (C=O) groups is 2. The lowest BCUT2D eigenvalue weighted by molar-refractivity contribution is -0.141. The molecule has 0 aliphatic carbocycles. The number of anilines is 2. The molecule has 0 radical (unpaired) electrons. The van der Waals surface area contributed by atoms with Crippen molar-refractivity contribution in [3.8, 4) is 0 Å². The summed E-state index contributed by atoms with van der Waals surface area (Å²) >= 11 is 8.55. The van der Waals surface area contributed by atoms with Gasteiger partial charge in [-0.3, -0.25) is 14.5 Å². The summed E-state index contributed by atoms with van der Waals surface area (Å²) in [7, 11) is 0. The monoisotopic (exact) mass is 432 g/mol. The van der Waals surface area contributed by atoms with Crippen LogP contribution in [0, 0.1) is 0 Å². The average molecular weight is 433 g/mol. The van der Waals surface area contributed by atoms with Gasteiger partial charge in [-0.25, -0.2) is 4.98 Å².